The van der Waals surface area contributed by atoms with Gasteiger partial charge in [0.15, 0.2) is 0 Å². The maximum absolute atomic E-state index is 5.83. The second-order valence-electron chi connectivity index (χ2n) is 4.40. The molecule has 0 saturated carbocycles. The van der Waals surface area contributed by atoms with E-state index in [4.69, 9.17) is 10.5 Å². The zero-order chi connectivity index (χ0) is 12.4. The molecule has 0 amide bonds. The molecule has 2 heterocycles. The molecule has 1 saturated heterocycles. The predicted molar refractivity (Wildman–Crippen MR) is 73.3 cm³/mol. The zero-order valence-corrected chi connectivity index (χ0v) is 11.8. The molecule has 4 nitrogen and oxygen atoms in total. The number of nitrogens with zero attached hydrogens (tertiary/aromatic N) is 2. The van der Waals surface area contributed by atoms with E-state index in [2.05, 4.69) is 25.8 Å². The average Bonchev–Trinajstić information content (AvgIpc) is 2.36. The number of hydrogen-bond donors (Lipinski definition) is 1. The molecule has 2 N–H and O–H groups in total. The van der Waals surface area contributed by atoms with Crippen LogP contribution in [0.4, 0.5) is 11.5 Å². The first-order chi connectivity index (χ1) is 8.13. The van der Waals surface area contributed by atoms with Gasteiger partial charge in [-0.25, -0.2) is 4.98 Å². The van der Waals surface area contributed by atoms with Crippen molar-refractivity contribution < 1.29 is 4.74 Å². The molecule has 0 bridgehead atoms. The van der Waals surface area contributed by atoms with Crippen molar-refractivity contribution in [3.05, 3.63) is 16.2 Å². The molecule has 17 heavy (non-hydrogen) atoms. The lowest BCUT2D eigenvalue weighted by Crippen LogP contribution is -2.37. The van der Waals surface area contributed by atoms with Crippen molar-refractivity contribution in [3.63, 3.8) is 0 Å². The van der Waals surface area contributed by atoms with Gasteiger partial charge in [-0.2, -0.15) is 0 Å². The number of rotatable bonds is 2. The monoisotopic (exact) mass is 299 g/mol. The highest BCUT2D eigenvalue weighted by atomic mass is 79.9. The fraction of sp³-hybridized carbons (Fsp3) is 0.583. The number of halogens is 1. The second kappa shape index (κ2) is 5.23. The van der Waals surface area contributed by atoms with Crippen LogP contribution in [0.2, 0.25) is 0 Å². The number of nitrogen functional groups attached to an aromatic ring is 1. The van der Waals surface area contributed by atoms with Gasteiger partial charge >= 0.3 is 0 Å². The highest BCUT2D eigenvalue weighted by Gasteiger charge is 2.22. The van der Waals surface area contributed by atoms with Crippen LogP contribution in [0.3, 0.4) is 0 Å². The van der Waals surface area contributed by atoms with Crippen LogP contribution in [0.15, 0.2) is 10.7 Å². The molecule has 0 aromatic carbocycles. The molecule has 1 aliphatic rings. The zero-order valence-electron chi connectivity index (χ0n) is 10.2. The van der Waals surface area contributed by atoms with Gasteiger partial charge in [0, 0.05) is 20.2 Å². The number of anilines is 2. The van der Waals surface area contributed by atoms with E-state index < -0.39 is 0 Å². The molecule has 0 unspecified atom stereocenters. The smallest absolute Gasteiger partial charge is 0.143 e. The summed E-state index contributed by atoms with van der Waals surface area (Å²) in [5, 5.41) is 0. The van der Waals surface area contributed by atoms with Crippen molar-refractivity contribution in [2.24, 2.45) is 0 Å². The minimum Gasteiger partial charge on any atom is -0.397 e. The fourth-order valence-corrected chi connectivity index (χ4v) is 2.68. The summed E-state index contributed by atoms with van der Waals surface area (Å²) in [6, 6.07) is 0. The first-order valence-electron chi connectivity index (χ1n) is 5.81. The van der Waals surface area contributed by atoms with E-state index in [1.807, 2.05) is 6.92 Å². The molecule has 5 heteroatoms. The Labute approximate surface area is 110 Å². The van der Waals surface area contributed by atoms with E-state index in [9.17, 15) is 0 Å². The van der Waals surface area contributed by atoms with Crippen LogP contribution in [0.25, 0.3) is 0 Å². The lowest BCUT2D eigenvalue weighted by molar-refractivity contribution is 0.0818. The highest BCUT2D eigenvalue weighted by Crippen LogP contribution is 2.32. The molecule has 1 aromatic heterocycles. The Balaban J connectivity index is 2.16. The molecule has 0 spiro atoms. The minimum atomic E-state index is 0.389. The molecular weight excluding hydrogens is 282 g/mol. The number of hydrogen-bond acceptors (Lipinski definition) is 4. The standard InChI is InChI=1S/C12H18BrN3O/c1-8-10(14)7-15-12(11(8)13)16-5-3-9(17-2)4-6-16/h7,9H,3-6,14H2,1-2H3. The van der Waals surface area contributed by atoms with E-state index >= 15 is 0 Å². The molecule has 0 aliphatic carbocycles. The van der Waals surface area contributed by atoms with Gasteiger partial charge in [-0.1, -0.05) is 0 Å². The minimum absolute atomic E-state index is 0.389. The quantitative estimate of drug-likeness (QED) is 0.911. The van der Waals surface area contributed by atoms with E-state index in [1.165, 1.54) is 0 Å². The third-order valence-electron chi connectivity index (χ3n) is 3.36. The summed E-state index contributed by atoms with van der Waals surface area (Å²) >= 11 is 3.58. The Bertz CT molecular complexity index is 403. The third kappa shape index (κ3) is 2.55. The van der Waals surface area contributed by atoms with Crippen molar-refractivity contribution in [1.29, 1.82) is 0 Å². The molecule has 0 radical (unpaired) electrons. The summed E-state index contributed by atoms with van der Waals surface area (Å²) in [6.45, 7) is 3.97. The maximum atomic E-state index is 5.83. The Morgan fingerprint density at radius 3 is 2.71 bits per heavy atom. The van der Waals surface area contributed by atoms with Gasteiger partial charge in [-0.05, 0) is 41.3 Å². The third-order valence-corrected chi connectivity index (χ3v) is 4.31. The van der Waals surface area contributed by atoms with E-state index in [-0.39, 0.29) is 0 Å². The molecule has 0 atom stereocenters. The van der Waals surface area contributed by atoms with Crippen molar-refractivity contribution in [1.82, 2.24) is 4.98 Å². The van der Waals surface area contributed by atoms with Crippen LogP contribution >= 0.6 is 15.9 Å². The summed E-state index contributed by atoms with van der Waals surface area (Å²) in [4.78, 5) is 6.71. The SMILES string of the molecule is COC1CCN(c2ncc(N)c(C)c2Br)CC1. The molecule has 2 rings (SSSR count). The van der Waals surface area contributed by atoms with Gasteiger partial charge in [-0.3, -0.25) is 0 Å². The van der Waals surface area contributed by atoms with Crippen LogP contribution in [0, 0.1) is 6.92 Å². The Kier molecular flexibility index (Phi) is 3.89. The largest absolute Gasteiger partial charge is 0.397 e. The van der Waals surface area contributed by atoms with Crippen LogP contribution in [-0.2, 0) is 4.74 Å². The fourth-order valence-electron chi connectivity index (χ4n) is 2.10. The van der Waals surface area contributed by atoms with E-state index in [1.54, 1.807) is 13.3 Å². The lowest BCUT2D eigenvalue weighted by atomic mass is 10.1. The van der Waals surface area contributed by atoms with Crippen LogP contribution < -0.4 is 10.6 Å². The van der Waals surface area contributed by atoms with Crippen molar-refractivity contribution in [2.75, 3.05) is 30.8 Å². The summed E-state index contributed by atoms with van der Waals surface area (Å²) in [7, 11) is 1.78. The Hall–Kier alpha value is -0.810. The Morgan fingerprint density at radius 2 is 2.12 bits per heavy atom. The first kappa shape index (κ1) is 12.6. The van der Waals surface area contributed by atoms with Gasteiger partial charge in [0.1, 0.15) is 5.82 Å². The molecule has 1 aromatic rings. The van der Waals surface area contributed by atoms with Gasteiger partial charge < -0.3 is 15.4 Å². The van der Waals surface area contributed by atoms with Crippen LogP contribution in [0.5, 0.6) is 0 Å². The summed E-state index contributed by atoms with van der Waals surface area (Å²) in [5.41, 5.74) is 7.62. The highest BCUT2D eigenvalue weighted by molar-refractivity contribution is 9.10. The van der Waals surface area contributed by atoms with Crippen molar-refractivity contribution >= 4 is 27.4 Å². The number of aromatic nitrogens is 1. The predicted octanol–water partition coefficient (Wildman–Crippen LogP) is 2.35. The first-order valence-corrected chi connectivity index (χ1v) is 6.61. The van der Waals surface area contributed by atoms with Crippen LogP contribution in [0.1, 0.15) is 18.4 Å². The lowest BCUT2D eigenvalue weighted by Gasteiger charge is -2.33. The number of methoxy groups -OCH3 is 1. The van der Waals surface area contributed by atoms with Gasteiger partial charge in [0.05, 0.1) is 22.5 Å². The number of nitrogens with two attached hydrogens (primary N) is 1. The normalized spacial score (nSPS) is 17.5. The molecule has 1 fully saturated rings. The van der Waals surface area contributed by atoms with Crippen molar-refractivity contribution in [3.8, 4) is 0 Å². The molecular formula is C12H18BrN3O. The molecule has 94 valence electrons. The average molecular weight is 300 g/mol. The second-order valence-corrected chi connectivity index (χ2v) is 5.19. The van der Waals surface area contributed by atoms with Gasteiger partial charge in [-0.15, -0.1) is 0 Å². The summed E-state index contributed by atoms with van der Waals surface area (Å²) in [5.74, 6) is 0.992. The summed E-state index contributed by atoms with van der Waals surface area (Å²) < 4.78 is 6.38. The van der Waals surface area contributed by atoms with Gasteiger partial charge in [0.2, 0.25) is 0 Å². The maximum Gasteiger partial charge on any atom is 0.143 e. The number of ether oxygens (including phenoxy) is 1. The number of pyridine rings is 1. The van der Waals surface area contributed by atoms with Gasteiger partial charge in [0.25, 0.3) is 0 Å². The van der Waals surface area contributed by atoms with E-state index in [0.29, 0.717) is 6.10 Å². The van der Waals surface area contributed by atoms with Crippen LogP contribution in [-0.4, -0.2) is 31.3 Å². The van der Waals surface area contributed by atoms with E-state index in [0.717, 1.165) is 47.5 Å². The Morgan fingerprint density at radius 1 is 1.47 bits per heavy atom. The summed E-state index contributed by atoms with van der Waals surface area (Å²) in [6.07, 6.45) is 4.22. The molecule has 1 aliphatic heterocycles. The van der Waals surface area contributed by atoms with Crippen molar-refractivity contribution in [2.45, 2.75) is 25.9 Å². The topological polar surface area (TPSA) is 51.4 Å². The number of piperidine rings is 1.